The van der Waals surface area contributed by atoms with Crippen LogP contribution in [0.4, 0.5) is 0 Å². The normalized spacial score (nSPS) is 11.0. The minimum Gasteiger partial charge on any atom is -0.545 e. The zero-order chi connectivity index (χ0) is 32.8. The number of phenols is 3. The van der Waals surface area contributed by atoms with Crippen molar-refractivity contribution in [3.8, 4) is 17.2 Å². The Morgan fingerprint density at radius 2 is 0.651 bits per heavy atom. The van der Waals surface area contributed by atoms with Gasteiger partial charge in [-0.1, -0.05) is 0 Å². The fourth-order valence-electron chi connectivity index (χ4n) is 2.52. The minimum absolute atomic E-state index is 0. The van der Waals surface area contributed by atoms with Crippen molar-refractivity contribution in [2.75, 3.05) is 0 Å². The molecule has 6 N–H and O–H groups in total. The van der Waals surface area contributed by atoms with Gasteiger partial charge in [-0.25, -0.2) is 0 Å². The van der Waals surface area contributed by atoms with E-state index >= 15 is 0 Å². The van der Waals surface area contributed by atoms with Gasteiger partial charge < -0.3 is 45.0 Å². The van der Waals surface area contributed by atoms with E-state index in [0.717, 1.165) is 36.4 Å². The van der Waals surface area contributed by atoms with E-state index in [1.807, 2.05) is 0 Å². The van der Waals surface area contributed by atoms with Crippen LogP contribution in [0.3, 0.4) is 0 Å². The Labute approximate surface area is 251 Å². The molecule has 22 heteroatoms. The summed E-state index contributed by atoms with van der Waals surface area (Å²) in [5.41, 5.74) is -2.08. The van der Waals surface area contributed by atoms with Crippen LogP contribution in [0.15, 0.2) is 69.3 Å². The van der Waals surface area contributed by atoms with Crippen LogP contribution in [-0.2, 0) is 47.4 Å². The van der Waals surface area contributed by atoms with E-state index in [1.54, 1.807) is 0 Å². The molecule has 0 aliphatic rings. The number of carboxylic acid groups (broad SMARTS) is 3. The van der Waals surface area contributed by atoms with Crippen molar-refractivity contribution >= 4 is 48.3 Å². The van der Waals surface area contributed by atoms with Crippen LogP contribution in [-0.4, -0.2) is 72.1 Å². The van der Waals surface area contributed by atoms with Gasteiger partial charge in [-0.15, -0.1) is 0 Å². The molecule has 0 aromatic heterocycles. The SMILES string of the molecule is O=C([O-])c1cc(S(=O)(=O)O)ccc1O.O=C([O-])c1cc(S(=O)(=O)O)ccc1O.O=C([O-])c1cc(S(=O)(=O)O)ccc1O.[Fe+3]. The molecule has 0 fully saturated rings. The Morgan fingerprint density at radius 3 is 0.791 bits per heavy atom. The molecule has 0 saturated carbocycles. The third-order valence-electron chi connectivity index (χ3n) is 4.46. The Balaban J connectivity index is 0.000000608. The van der Waals surface area contributed by atoms with E-state index in [2.05, 4.69) is 0 Å². The van der Waals surface area contributed by atoms with Crippen molar-refractivity contribution in [1.29, 1.82) is 0 Å². The summed E-state index contributed by atoms with van der Waals surface area (Å²) in [6, 6.07) is 6.97. The first-order chi connectivity index (χ1) is 19.0. The number of carboxylic acids is 3. The predicted molar refractivity (Wildman–Crippen MR) is 127 cm³/mol. The molecular weight excluding hydrogens is 692 g/mol. The molecule has 3 rings (SSSR count). The predicted octanol–water partition coefficient (Wildman–Crippen LogP) is -3.00. The Kier molecular flexibility index (Phi) is 13.3. The van der Waals surface area contributed by atoms with Crippen LogP contribution in [0.25, 0.3) is 0 Å². The van der Waals surface area contributed by atoms with Gasteiger partial charge in [-0.3, -0.25) is 13.7 Å². The molecule has 0 bridgehead atoms. The molecule has 3 aromatic rings. The van der Waals surface area contributed by atoms with Crippen molar-refractivity contribution in [3.05, 3.63) is 71.3 Å². The van der Waals surface area contributed by atoms with Gasteiger partial charge in [-0.2, -0.15) is 25.3 Å². The Hall–Kier alpha value is -4.28. The van der Waals surface area contributed by atoms with Gasteiger partial charge in [0.05, 0.1) is 32.6 Å². The molecule has 3 aromatic carbocycles. The maximum atomic E-state index is 10.6. The molecule has 1 radical (unpaired) electrons. The first-order valence-corrected chi connectivity index (χ1v) is 14.3. The number of hydrogen-bond donors (Lipinski definition) is 6. The zero-order valence-electron chi connectivity index (χ0n) is 20.4. The number of hydrogen-bond acceptors (Lipinski definition) is 15. The van der Waals surface area contributed by atoms with E-state index in [0.29, 0.717) is 18.2 Å². The van der Waals surface area contributed by atoms with Gasteiger partial charge in [0.15, 0.2) is 0 Å². The number of benzene rings is 3. The molecule has 0 saturated heterocycles. The van der Waals surface area contributed by atoms with Gasteiger partial charge in [0.25, 0.3) is 30.4 Å². The molecule has 0 atom stereocenters. The maximum absolute atomic E-state index is 10.6. The van der Waals surface area contributed by atoms with Crippen molar-refractivity contribution in [2.24, 2.45) is 0 Å². The first-order valence-electron chi connectivity index (χ1n) is 10.0. The maximum Gasteiger partial charge on any atom is 3.00 e. The van der Waals surface area contributed by atoms with Crippen LogP contribution >= 0.6 is 0 Å². The molecule has 43 heavy (non-hydrogen) atoms. The summed E-state index contributed by atoms with van der Waals surface area (Å²) in [6.07, 6.45) is 0. The molecular formula is C21H15FeO18S3. The molecule has 0 aliphatic carbocycles. The van der Waals surface area contributed by atoms with Crippen molar-refractivity contribution in [2.45, 2.75) is 14.7 Å². The van der Waals surface area contributed by atoms with Crippen molar-refractivity contribution < 1.29 is 101 Å². The topological polar surface area (TPSA) is 344 Å². The summed E-state index contributed by atoms with van der Waals surface area (Å²) in [4.78, 5) is 29.2. The van der Waals surface area contributed by atoms with Gasteiger partial charge in [0, 0.05) is 16.7 Å². The average Bonchev–Trinajstić information content (AvgIpc) is 2.83. The molecule has 0 heterocycles. The van der Waals surface area contributed by atoms with Crippen LogP contribution in [0, 0.1) is 0 Å². The minimum atomic E-state index is -4.48. The first kappa shape index (κ1) is 38.7. The number of aromatic hydroxyl groups is 3. The molecule has 233 valence electrons. The second kappa shape index (κ2) is 14.8. The number of carbonyl (C=O) groups excluding carboxylic acids is 3. The molecule has 18 nitrogen and oxygen atoms in total. The van der Waals surface area contributed by atoms with E-state index in [1.165, 1.54) is 0 Å². The van der Waals surface area contributed by atoms with E-state index < -0.39 is 96.9 Å². The summed E-state index contributed by atoms with van der Waals surface area (Å²) < 4.78 is 89.2. The van der Waals surface area contributed by atoms with Crippen LogP contribution in [0.2, 0.25) is 0 Å². The van der Waals surface area contributed by atoms with Gasteiger partial charge in [0.1, 0.15) is 17.2 Å². The largest absolute Gasteiger partial charge is 3.00 e. The summed E-state index contributed by atoms with van der Waals surface area (Å²) in [5.74, 6) is -7.07. The summed E-state index contributed by atoms with van der Waals surface area (Å²) >= 11 is 0. The van der Waals surface area contributed by atoms with Crippen LogP contribution in [0.5, 0.6) is 17.2 Å². The average molecular weight is 707 g/mol. The fraction of sp³-hybridized carbons (Fsp3) is 0. The zero-order valence-corrected chi connectivity index (χ0v) is 23.9. The Morgan fingerprint density at radius 1 is 0.465 bits per heavy atom. The van der Waals surface area contributed by atoms with Gasteiger partial charge in [0.2, 0.25) is 0 Å². The van der Waals surface area contributed by atoms with E-state index in [9.17, 15) is 55.0 Å². The van der Waals surface area contributed by atoms with Gasteiger partial charge in [-0.05, 0) is 54.6 Å². The van der Waals surface area contributed by atoms with Crippen molar-refractivity contribution in [1.82, 2.24) is 0 Å². The summed E-state index contributed by atoms with van der Waals surface area (Å²) in [5, 5.41) is 58.0. The molecule has 0 aliphatic heterocycles. The molecule has 0 amide bonds. The second-order valence-corrected chi connectivity index (χ2v) is 11.6. The molecule has 0 unspecified atom stereocenters. The summed E-state index contributed by atoms with van der Waals surface area (Å²) in [7, 11) is -13.4. The quantitative estimate of drug-likeness (QED) is 0.110. The number of aromatic carboxylic acids is 3. The van der Waals surface area contributed by atoms with Crippen molar-refractivity contribution in [3.63, 3.8) is 0 Å². The van der Waals surface area contributed by atoms with E-state index in [4.69, 9.17) is 29.0 Å². The van der Waals surface area contributed by atoms with Crippen LogP contribution in [0.1, 0.15) is 31.1 Å². The standard InChI is InChI=1S/3C7H6O6S.Fe/c3*8-6-2-1-4(14(11,12)13)3-5(6)7(9)10;/h3*1-3,8H,(H,9,10)(H,11,12,13);/q;;;+3/p-3. The fourth-order valence-corrected chi connectivity index (χ4v) is 4.04. The Bertz CT molecular complexity index is 1650. The van der Waals surface area contributed by atoms with Crippen LogP contribution < -0.4 is 15.3 Å². The second-order valence-electron chi connectivity index (χ2n) is 7.32. The number of rotatable bonds is 6. The van der Waals surface area contributed by atoms with E-state index in [-0.39, 0.29) is 17.1 Å². The smallest absolute Gasteiger partial charge is 0.545 e. The number of carbonyl (C=O) groups is 3. The summed E-state index contributed by atoms with van der Waals surface area (Å²) in [6.45, 7) is 0. The monoisotopic (exact) mass is 707 g/mol. The third kappa shape index (κ3) is 11.5. The molecule has 0 spiro atoms. The third-order valence-corrected chi connectivity index (χ3v) is 7.01. The van der Waals surface area contributed by atoms with Gasteiger partial charge >= 0.3 is 17.1 Å².